The summed E-state index contributed by atoms with van der Waals surface area (Å²) in [5.41, 5.74) is 0.0908. The number of nitrogens with zero attached hydrogens (tertiary/aromatic N) is 1. The summed E-state index contributed by atoms with van der Waals surface area (Å²) >= 11 is 0. The van der Waals surface area contributed by atoms with Crippen LogP contribution in [0.1, 0.15) is 12.6 Å². The number of fused-ring (bicyclic) bond motifs is 1. The van der Waals surface area contributed by atoms with E-state index in [1.54, 1.807) is 6.92 Å². The van der Waals surface area contributed by atoms with Crippen molar-refractivity contribution >= 4 is 17.0 Å². The van der Waals surface area contributed by atoms with Crippen LogP contribution in [-0.4, -0.2) is 22.4 Å². The molecule has 2 aromatic rings. The number of aromatic hydroxyl groups is 1. The van der Waals surface area contributed by atoms with Gasteiger partial charge in [0, 0.05) is 17.1 Å². The summed E-state index contributed by atoms with van der Waals surface area (Å²) in [4.78, 5) is 11.7. The number of benzene rings is 1. The van der Waals surface area contributed by atoms with Crippen LogP contribution < -0.4 is 0 Å². The molecule has 1 heterocycles. The van der Waals surface area contributed by atoms with Crippen LogP contribution in [0.2, 0.25) is 0 Å². The predicted molar refractivity (Wildman–Crippen MR) is 60.7 cm³/mol. The Hall–Kier alpha value is -2.11. The number of carbonyl (C=O) groups excluding carboxylic acids is 1. The quantitative estimate of drug-likeness (QED) is 0.852. The Bertz CT molecular complexity index is 634. The minimum absolute atomic E-state index is 0.125. The molecule has 1 N–H and O–H groups in total. The van der Waals surface area contributed by atoms with E-state index in [1.165, 1.54) is 13.0 Å². The van der Waals surface area contributed by atoms with Gasteiger partial charge < -0.3 is 9.84 Å². The topological polar surface area (TPSA) is 51.5 Å². The molecule has 0 bridgehead atoms. The van der Waals surface area contributed by atoms with Gasteiger partial charge in [-0.2, -0.15) is 0 Å². The Kier molecular flexibility index (Phi) is 2.94. The third-order valence-electron chi connectivity index (χ3n) is 2.59. The van der Waals surface area contributed by atoms with Crippen LogP contribution in [0.15, 0.2) is 12.1 Å². The van der Waals surface area contributed by atoms with Gasteiger partial charge in [0.05, 0.1) is 12.1 Å². The van der Waals surface area contributed by atoms with Crippen LogP contribution in [0.3, 0.4) is 0 Å². The minimum atomic E-state index is -0.961. The van der Waals surface area contributed by atoms with E-state index in [0.29, 0.717) is 11.8 Å². The number of phenols is 1. The Morgan fingerprint density at radius 3 is 2.72 bits per heavy atom. The number of rotatable bonds is 1. The molecule has 0 radical (unpaired) electrons. The number of carbonyl (C=O) groups is 1. The van der Waals surface area contributed by atoms with Crippen molar-refractivity contribution in [2.45, 2.75) is 13.8 Å². The first kappa shape index (κ1) is 12.3. The monoisotopic (exact) mass is 255 g/mol. The lowest BCUT2D eigenvalue weighted by Gasteiger charge is -2.07. The SMILES string of the molecule is CCOC(=O)n1c(C)cc2c(F)c(O)cc(F)c21. The van der Waals surface area contributed by atoms with Crippen LogP contribution in [0.25, 0.3) is 10.9 Å². The van der Waals surface area contributed by atoms with Crippen molar-refractivity contribution in [3.63, 3.8) is 0 Å². The fourth-order valence-corrected chi connectivity index (χ4v) is 1.85. The Morgan fingerprint density at radius 2 is 2.11 bits per heavy atom. The molecule has 0 spiro atoms. The zero-order valence-corrected chi connectivity index (χ0v) is 9.83. The number of aromatic nitrogens is 1. The van der Waals surface area contributed by atoms with Gasteiger partial charge >= 0.3 is 6.09 Å². The highest BCUT2D eigenvalue weighted by Crippen LogP contribution is 2.30. The standard InChI is InChI=1S/C12H11F2NO3/c1-3-18-12(17)15-6(2)4-7-10(14)9(16)5-8(13)11(7)15/h4-5,16H,3H2,1-2H3. The van der Waals surface area contributed by atoms with Crippen LogP contribution in [0.4, 0.5) is 13.6 Å². The van der Waals surface area contributed by atoms with Crippen molar-refractivity contribution in [3.05, 3.63) is 29.5 Å². The lowest BCUT2D eigenvalue weighted by Crippen LogP contribution is -2.15. The second-order valence-electron chi connectivity index (χ2n) is 3.77. The molecular weight excluding hydrogens is 244 g/mol. The molecule has 0 unspecified atom stereocenters. The normalized spacial score (nSPS) is 10.9. The van der Waals surface area contributed by atoms with Crippen molar-refractivity contribution in [3.8, 4) is 5.75 Å². The van der Waals surface area contributed by atoms with Crippen molar-refractivity contribution in [1.29, 1.82) is 0 Å². The first-order chi connectivity index (χ1) is 8.47. The van der Waals surface area contributed by atoms with Crippen molar-refractivity contribution in [1.82, 2.24) is 4.57 Å². The second-order valence-corrected chi connectivity index (χ2v) is 3.77. The number of halogens is 2. The third-order valence-corrected chi connectivity index (χ3v) is 2.59. The summed E-state index contributed by atoms with van der Waals surface area (Å²) in [7, 11) is 0. The predicted octanol–water partition coefficient (Wildman–Crippen LogP) is 2.94. The molecule has 0 fully saturated rings. The van der Waals surface area contributed by atoms with E-state index >= 15 is 0 Å². The molecule has 0 saturated heterocycles. The molecule has 18 heavy (non-hydrogen) atoms. The maximum absolute atomic E-state index is 13.7. The number of aryl methyl sites for hydroxylation is 1. The van der Waals surface area contributed by atoms with E-state index in [0.717, 1.165) is 4.57 Å². The highest BCUT2D eigenvalue weighted by Gasteiger charge is 2.21. The van der Waals surface area contributed by atoms with Gasteiger partial charge in [0.15, 0.2) is 17.4 Å². The molecule has 0 aliphatic heterocycles. The van der Waals surface area contributed by atoms with Gasteiger partial charge in [-0.05, 0) is 19.9 Å². The van der Waals surface area contributed by atoms with E-state index in [2.05, 4.69) is 0 Å². The summed E-state index contributed by atoms with van der Waals surface area (Å²) in [5.74, 6) is -2.64. The van der Waals surface area contributed by atoms with E-state index in [4.69, 9.17) is 4.74 Å². The Morgan fingerprint density at radius 1 is 1.44 bits per heavy atom. The summed E-state index contributed by atoms with van der Waals surface area (Å²) in [6, 6.07) is 1.91. The summed E-state index contributed by atoms with van der Waals surface area (Å²) in [5, 5.41) is 9.05. The summed E-state index contributed by atoms with van der Waals surface area (Å²) in [6.45, 7) is 3.26. The fraction of sp³-hybridized carbons (Fsp3) is 0.250. The van der Waals surface area contributed by atoms with Gasteiger partial charge in [-0.1, -0.05) is 0 Å². The summed E-state index contributed by atoms with van der Waals surface area (Å²) < 4.78 is 33.1. The number of hydrogen-bond acceptors (Lipinski definition) is 3. The van der Waals surface area contributed by atoms with E-state index in [9.17, 15) is 18.7 Å². The maximum Gasteiger partial charge on any atom is 0.418 e. The van der Waals surface area contributed by atoms with Crippen LogP contribution in [0.5, 0.6) is 5.75 Å². The Labute approximate surface area is 101 Å². The molecule has 4 nitrogen and oxygen atoms in total. The zero-order valence-electron chi connectivity index (χ0n) is 9.83. The van der Waals surface area contributed by atoms with Crippen molar-refractivity contribution < 1.29 is 23.4 Å². The fourth-order valence-electron chi connectivity index (χ4n) is 1.85. The van der Waals surface area contributed by atoms with E-state index < -0.39 is 23.5 Å². The van der Waals surface area contributed by atoms with Crippen LogP contribution >= 0.6 is 0 Å². The van der Waals surface area contributed by atoms with Gasteiger partial charge in [0.2, 0.25) is 0 Å². The highest BCUT2D eigenvalue weighted by atomic mass is 19.1. The first-order valence-electron chi connectivity index (χ1n) is 5.33. The maximum atomic E-state index is 13.7. The highest BCUT2D eigenvalue weighted by molar-refractivity contribution is 5.92. The molecule has 0 aliphatic carbocycles. The number of ether oxygens (including phenoxy) is 1. The Balaban J connectivity index is 2.79. The number of hydrogen-bond donors (Lipinski definition) is 1. The van der Waals surface area contributed by atoms with E-state index in [-0.39, 0.29) is 17.5 Å². The lowest BCUT2D eigenvalue weighted by atomic mass is 10.2. The van der Waals surface area contributed by atoms with Gasteiger partial charge in [-0.3, -0.25) is 0 Å². The molecule has 0 saturated carbocycles. The molecule has 2 rings (SSSR count). The first-order valence-corrected chi connectivity index (χ1v) is 5.33. The molecule has 0 atom stereocenters. The largest absolute Gasteiger partial charge is 0.505 e. The second kappa shape index (κ2) is 4.29. The molecule has 6 heteroatoms. The molecule has 0 aliphatic rings. The smallest absolute Gasteiger partial charge is 0.418 e. The van der Waals surface area contributed by atoms with Gasteiger partial charge in [-0.15, -0.1) is 0 Å². The van der Waals surface area contributed by atoms with Crippen molar-refractivity contribution in [2.24, 2.45) is 0 Å². The molecular formula is C12H11F2NO3. The van der Waals surface area contributed by atoms with Gasteiger partial charge in [-0.25, -0.2) is 18.1 Å². The molecule has 1 aromatic carbocycles. The zero-order chi connectivity index (χ0) is 13.4. The van der Waals surface area contributed by atoms with Crippen molar-refractivity contribution in [2.75, 3.05) is 6.61 Å². The van der Waals surface area contributed by atoms with Crippen LogP contribution in [0, 0.1) is 18.6 Å². The average Bonchev–Trinajstić information content (AvgIpc) is 2.64. The third kappa shape index (κ3) is 1.70. The minimum Gasteiger partial charge on any atom is -0.505 e. The number of phenolic OH excluding ortho intramolecular Hbond substituents is 1. The lowest BCUT2D eigenvalue weighted by molar-refractivity contribution is 0.154. The molecule has 96 valence electrons. The summed E-state index contributed by atoms with van der Waals surface area (Å²) in [6.07, 6.45) is -0.783. The average molecular weight is 255 g/mol. The van der Waals surface area contributed by atoms with Gasteiger partial charge in [0.1, 0.15) is 0 Å². The van der Waals surface area contributed by atoms with Gasteiger partial charge in [0.25, 0.3) is 0 Å². The molecule has 0 amide bonds. The molecule has 1 aromatic heterocycles. The van der Waals surface area contributed by atoms with Crippen LogP contribution in [-0.2, 0) is 4.74 Å². The van der Waals surface area contributed by atoms with E-state index in [1.807, 2.05) is 0 Å².